The molecule has 1 fully saturated rings. The Kier molecular flexibility index (Phi) is 3.93. The SMILES string of the molecule is CC(C)c1ccc(SC2CCCC2O)cc1. The monoisotopic (exact) mass is 236 g/mol. The van der Waals surface area contributed by atoms with Gasteiger partial charge in [-0.05, 0) is 42.9 Å². The van der Waals surface area contributed by atoms with Gasteiger partial charge in [0, 0.05) is 10.1 Å². The summed E-state index contributed by atoms with van der Waals surface area (Å²) < 4.78 is 0. The number of hydrogen-bond acceptors (Lipinski definition) is 2. The number of thioether (sulfide) groups is 1. The van der Waals surface area contributed by atoms with E-state index in [1.165, 1.54) is 16.9 Å². The second kappa shape index (κ2) is 5.24. The van der Waals surface area contributed by atoms with Crippen molar-refractivity contribution < 1.29 is 5.11 Å². The van der Waals surface area contributed by atoms with Gasteiger partial charge in [-0.1, -0.05) is 26.0 Å². The number of rotatable bonds is 3. The number of aliphatic hydroxyl groups excluding tert-OH is 1. The van der Waals surface area contributed by atoms with Crippen LogP contribution in [-0.4, -0.2) is 16.5 Å². The van der Waals surface area contributed by atoms with Gasteiger partial charge in [0.1, 0.15) is 0 Å². The Labute approximate surface area is 102 Å². The van der Waals surface area contributed by atoms with Crippen molar-refractivity contribution in [2.45, 2.75) is 55.3 Å². The number of benzene rings is 1. The molecule has 0 saturated heterocycles. The lowest BCUT2D eigenvalue weighted by Crippen LogP contribution is -2.14. The molecule has 2 unspecified atom stereocenters. The first kappa shape index (κ1) is 12.0. The van der Waals surface area contributed by atoms with Crippen LogP contribution in [0.2, 0.25) is 0 Å². The summed E-state index contributed by atoms with van der Waals surface area (Å²) in [5.74, 6) is 0.594. The zero-order chi connectivity index (χ0) is 11.5. The van der Waals surface area contributed by atoms with Crippen LogP contribution in [0.25, 0.3) is 0 Å². The molecular weight excluding hydrogens is 216 g/mol. The fourth-order valence-corrected chi connectivity index (χ4v) is 3.37. The highest BCUT2D eigenvalue weighted by Crippen LogP contribution is 2.35. The van der Waals surface area contributed by atoms with E-state index in [-0.39, 0.29) is 6.10 Å². The molecule has 16 heavy (non-hydrogen) atoms. The third-order valence-electron chi connectivity index (χ3n) is 3.25. The van der Waals surface area contributed by atoms with Crippen LogP contribution in [0.5, 0.6) is 0 Å². The zero-order valence-corrected chi connectivity index (χ0v) is 10.8. The molecule has 0 spiro atoms. The van der Waals surface area contributed by atoms with Gasteiger partial charge in [0.05, 0.1) is 6.10 Å². The van der Waals surface area contributed by atoms with E-state index >= 15 is 0 Å². The molecule has 1 aromatic carbocycles. The minimum absolute atomic E-state index is 0.102. The van der Waals surface area contributed by atoms with Crippen molar-refractivity contribution in [1.82, 2.24) is 0 Å². The minimum Gasteiger partial charge on any atom is -0.392 e. The van der Waals surface area contributed by atoms with Gasteiger partial charge >= 0.3 is 0 Å². The van der Waals surface area contributed by atoms with Gasteiger partial charge in [0.25, 0.3) is 0 Å². The normalized spacial score (nSPS) is 25.2. The molecule has 2 rings (SSSR count). The second-order valence-electron chi connectivity index (χ2n) is 4.88. The van der Waals surface area contributed by atoms with E-state index in [1.54, 1.807) is 0 Å². The van der Waals surface area contributed by atoms with Gasteiger partial charge < -0.3 is 5.11 Å². The van der Waals surface area contributed by atoms with Crippen LogP contribution < -0.4 is 0 Å². The molecule has 2 atom stereocenters. The Balaban J connectivity index is 1.99. The fourth-order valence-electron chi connectivity index (χ4n) is 2.15. The van der Waals surface area contributed by atoms with Crippen LogP contribution in [0.4, 0.5) is 0 Å². The molecule has 0 bridgehead atoms. The summed E-state index contributed by atoms with van der Waals surface area (Å²) in [5.41, 5.74) is 1.39. The largest absolute Gasteiger partial charge is 0.392 e. The summed E-state index contributed by atoms with van der Waals surface area (Å²) in [6.07, 6.45) is 3.19. The average molecular weight is 236 g/mol. The third kappa shape index (κ3) is 2.80. The number of aliphatic hydroxyl groups is 1. The van der Waals surface area contributed by atoms with E-state index in [9.17, 15) is 5.11 Å². The van der Waals surface area contributed by atoms with Gasteiger partial charge in [-0.25, -0.2) is 0 Å². The van der Waals surface area contributed by atoms with E-state index in [0.717, 1.165) is 12.8 Å². The Morgan fingerprint density at radius 2 is 1.88 bits per heavy atom. The molecule has 0 aliphatic heterocycles. The highest BCUT2D eigenvalue weighted by molar-refractivity contribution is 8.00. The van der Waals surface area contributed by atoms with Crippen LogP contribution in [0.3, 0.4) is 0 Å². The Morgan fingerprint density at radius 1 is 1.19 bits per heavy atom. The van der Waals surface area contributed by atoms with Crippen molar-refractivity contribution in [2.75, 3.05) is 0 Å². The van der Waals surface area contributed by atoms with Crippen molar-refractivity contribution in [3.05, 3.63) is 29.8 Å². The summed E-state index contributed by atoms with van der Waals surface area (Å²) >= 11 is 1.83. The molecule has 1 N–H and O–H groups in total. The van der Waals surface area contributed by atoms with Gasteiger partial charge in [-0.3, -0.25) is 0 Å². The average Bonchev–Trinajstić information content (AvgIpc) is 2.65. The van der Waals surface area contributed by atoms with E-state index in [4.69, 9.17) is 0 Å². The lowest BCUT2D eigenvalue weighted by atomic mass is 10.0. The minimum atomic E-state index is -0.102. The maximum absolute atomic E-state index is 9.77. The van der Waals surface area contributed by atoms with E-state index in [2.05, 4.69) is 38.1 Å². The van der Waals surface area contributed by atoms with E-state index < -0.39 is 0 Å². The Bertz CT molecular complexity index is 331. The molecule has 1 aliphatic carbocycles. The van der Waals surface area contributed by atoms with Crippen molar-refractivity contribution in [3.63, 3.8) is 0 Å². The Morgan fingerprint density at radius 3 is 2.38 bits per heavy atom. The molecule has 1 aromatic rings. The van der Waals surface area contributed by atoms with E-state index in [0.29, 0.717) is 11.2 Å². The molecular formula is C14H20OS. The molecule has 0 heterocycles. The standard InChI is InChI=1S/C14H20OS/c1-10(2)11-6-8-12(9-7-11)16-14-5-3-4-13(14)15/h6-10,13-15H,3-5H2,1-2H3. The molecule has 2 heteroatoms. The fraction of sp³-hybridized carbons (Fsp3) is 0.571. The summed E-state index contributed by atoms with van der Waals surface area (Å²) in [6.45, 7) is 4.42. The molecule has 0 aromatic heterocycles. The summed E-state index contributed by atoms with van der Waals surface area (Å²) in [7, 11) is 0. The Hall–Kier alpha value is -0.470. The van der Waals surface area contributed by atoms with Crippen molar-refractivity contribution in [2.24, 2.45) is 0 Å². The van der Waals surface area contributed by atoms with Crippen molar-refractivity contribution in [3.8, 4) is 0 Å². The van der Waals surface area contributed by atoms with Crippen molar-refractivity contribution in [1.29, 1.82) is 0 Å². The molecule has 1 saturated carbocycles. The predicted octanol–water partition coefficient (Wildman–Crippen LogP) is 3.82. The quantitative estimate of drug-likeness (QED) is 0.861. The highest BCUT2D eigenvalue weighted by Gasteiger charge is 2.25. The topological polar surface area (TPSA) is 20.2 Å². The van der Waals surface area contributed by atoms with Crippen molar-refractivity contribution >= 4 is 11.8 Å². The summed E-state index contributed by atoms with van der Waals surface area (Å²) in [5, 5.41) is 10.2. The predicted molar refractivity (Wildman–Crippen MR) is 70.0 cm³/mol. The smallest absolute Gasteiger partial charge is 0.0662 e. The lowest BCUT2D eigenvalue weighted by Gasteiger charge is -2.14. The first-order chi connectivity index (χ1) is 7.66. The van der Waals surface area contributed by atoms with Crippen LogP contribution in [-0.2, 0) is 0 Å². The summed E-state index contributed by atoms with van der Waals surface area (Å²) in [4.78, 5) is 1.29. The van der Waals surface area contributed by atoms with Gasteiger partial charge in [0.15, 0.2) is 0 Å². The van der Waals surface area contributed by atoms with Crippen LogP contribution in [0.1, 0.15) is 44.6 Å². The number of hydrogen-bond donors (Lipinski definition) is 1. The molecule has 1 aliphatic rings. The maximum Gasteiger partial charge on any atom is 0.0662 e. The lowest BCUT2D eigenvalue weighted by molar-refractivity contribution is 0.188. The van der Waals surface area contributed by atoms with Crippen LogP contribution in [0.15, 0.2) is 29.2 Å². The molecule has 0 radical (unpaired) electrons. The molecule has 88 valence electrons. The van der Waals surface area contributed by atoms with Gasteiger partial charge in [-0.2, -0.15) is 0 Å². The van der Waals surface area contributed by atoms with Crippen LogP contribution in [0, 0.1) is 0 Å². The zero-order valence-electron chi connectivity index (χ0n) is 10.0. The maximum atomic E-state index is 9.77. The van der Waals surface area contributed by atoms with E-state index in [1.807, 2.05) is 11.8 Å². The molecule has 1 nitrogen and oxygen atoms in total. The molecule has 0 amide bonds. The van der Waals surface area contributed by atoms with Crippen LogP contribution >= 0.6 is 11.8 Å². The van der Waals surface area contributed by atoms with Gasteiger partial charge in [-0.15, -0.1) is 11.8 Å². The first-order valence-electron chi connectivity index (χ1n) is 6.11. The second-order valence-corrected chi connectivity index (χ2v) is 6.19. The van der Waals surface area contributed by atoms with Gasteiger partial charge in [0.2, 0.25) is 0 Å². The summed E-state index contributed by atoms with van der Waals surface area (Å²) in [6, 6.07) is 8.78. The highest BCUT2D eigenvalue weighted by atomic mass is 32.2. The first-order valence-corrected chi connectivity index (χ1v) is 6.99. The third-order valence-corrected chi connectivity index (χ3v) is 4.65.